The third kappa shape index (κ3) is 4.82. The molecular weight excluding hydrogens is 539 g/mol. The van der Waals surface area contributed by atoms with Crippen molar-refractivity contribution >= 4 is 80.5 Å². The van der Waals surface area contributed by atoms with E-state index in [1.807, 2.05) is 35.0 Å². The first-order chi connectivity index (χ1) is 17.3. The summed E-state index contributed by atoms with van der Waals surface area (Å²) >= 11 is 19.5. The smallest absolute Gasteiger partial charge is 0.293 e. The number of fused-ring (bicyclic) bond motifs is 1. The van der Waals surface area contributed by atoms with Crippen molar-refractivity contribution in [2.24, 2.45) is 0 Å². The van der Waals surface area contributed by atoms with Gasteiger partial charge in [0.1, 0.15) is 0 Å². The van der Waals surface area contributed by atoms with E-state index in [0.717, 1.165) is 38.7 Å². The van der Waals surface area contributed by atoms with Gasteiger partial charge in [-0.2, -0.15) is 0 Å². The third-order valence-corrected chi connectivity index (χ3v) is 7.71. The Morgan fingerprint density at radius 3 is 2.31 bits per heavy atom. The van der Waals surface area contributed by atoms with Gasteiger partial charge < -0.3 is 4.57 Å². The van der Waals surface area contributed by atoms with Crippen LogP contribution in [0, 0.1) is 0 Å². The highest BCUT2D eigenvalue weighted by Gasteiger charge is 2.36. The van der Waals surface area contributed by atoms with E-state index in [4.69, 9.17) is 34.8 Å². The van der Waals surface area contributed by atoms with Crippen LogP contribution in [0.15, 0.2) is 77.8 Å². The molecule has 0 bridgehead atoms. The number of Topliss-reactive ketones (excluding diaryl/α,β-unsaturated/α-hetero) is 1. The molecule has 180 valence electrons. The van der Waals surface area contributed by atoms with Gasteiger partial charge >= 0.3 is 0 Å². The van der Waals surface area contributed by atoms with Gasteiger partial charge in [-0.25, -0.2) is 0 Å². The van der Waals surface area contributed by atoms with Gasteiger partial charge in [0.15, 0.2) is 5.78 Å². The van der Waals surface area contributed by atoms with Crippen molar-refractivity contribution < 1.29 is 14.4 Å². The van der Waals surface area contributed by atoms with Crippen LogP contribution in [0.1, 0.15) is 21.5 Å². The Bertz CT molecular complexity index is 1540. The molecule has 5 rings (SSSR count). The summed E-state index contributed by atoms with van der Waals surface area (Å²) in [6.45, 7) is 0.0976. The normalized spacial score (nSPS) is 14.9. The van der Waals surface area contributed by atoms with Crippen LogP contribution in [0.2, 0.25) is 15.1 Å². The molecule has 2 amide bonds. The Morgan fingerprint density at radius 2 is 1.58 bits per heavy atom. The van der Waals surface area contributed by atoms with E-state index < -0.39 is 11.1 Å². The molecule has 0 N–H and O–H groups in total. The summed E-state index contributed by atoms with van der Waals surface area (Å²) in [5.41, 5.74) is 2.86. The number of ketones is 1. The van der Waals surface area contributed by atoms with Gasteiger partial charge in [0.25, 0.3) is 11.1 Å². The fourth-order valence-electron chi connectivity index (χ4n) is 4.02. The molecule has 1 aliphatic heterocycles. The van der Waals surface area contributed by atoms with Crippen LogP contribution in [-0.4, -0.2) is 32.9 Å². The Kier molecular flexibility index (Phi) is 6.95. The SMILES string of the molecule is O=C(CN1C(=O)S/C(=C\c2cn(Cc3c(Cl)cccc3Cl)c3ccccc23)C1=O)c1ccc(Cl)cc1. The molecule has 1 saturated heterocycles. The van der Waals surface area contributed by atoms with Crippen LogP contribution >= 0.6 is 46.6 Å². The zero-order valence-electron chi connectivity index (χ0n) is 18.6. The summed E-state index contributed by atoms with van der Waals surface area (Å²) in [6.07, 6.45) is 3.59. The van der Waals surface area contributed by atoms with Gasteiger partial charge in [-0.05, 0) is 60.3 Å². The van der Waals surface area contributed by atoms with E-state index in [1.165, 1.54) is 0 Å². The van der Waals surface area contributed by atoms with Gasteiger partial charge in [0.2, 0.25) is 0 Å². The molecule has 1 aliphatic rings. The number of halogens is 3. The lowest BCUT2D eigenvalue weighted by Gasteiger charge is -2.11. The zero-order valence-corrected chi connectivity index (χ0v) is 21.7. The molecule has 1 aromatic heterocycles. The van der Waals surface area contributed by atoms with Crippen LogP contribution in [-0.2, 0) is 11.3 Å². The zero-order chi connectivity index (χ0) is 25.4. The average molecular weight is 556 g/mol. The molecule has 5 nitrogen and oxygen atoms in total. The number of carbonyl (C=O) groups is 3. The fourth-order valence-corrected chi connectivity index (χ4v) is 5.50. The Labute approximate surface area is 226 Å². The lowest BCUT2D eigenvalue weighted by Crippen LogP contribution is -2.33. The van der Waals surface area contributed by atoms with Crippen LogP contribution in [0.4, 0.5) is 4.79 Å². The summed E-state index contributed by atoms with van der Waals surface area (Å²) in [5, 5.41) is 2.04. The molecular formula is C27H17Cl3N2O3S. The minimum Gasteiger partial charge on any atom is -0.342 e. The number of carbonyl (C=O) groups excluding carboxylic acids is 3. The molecule has 9 heteroatoms. The number of hydrogen-bond acceptors (Lipinski definition) is 4. The quantitative estimate of drug-likeness (QED) is 0.182. The second-order valence-electron chi connectivity index (χ2n) is 8.13. The number of thioether (sulfide) groups is 1. The number of para-hydroxylation sites is 1. The number of hydrogen-bond donors (Lipinski definition) is 0. The second-order valence-corrected chi connectivity index (χ2v) is 10.4. The molecule has 0 spiro atoms. The second kappa shape index (κ2) is 10.1. The summed E-state index contributed by atoms with van der Waals surface area (Å²) in [6, 6.07) is 19.4. The molecule has 4 aromatic rings. The maximum absolute atomic E-state index is 13.1. The largest absolute Gasteiger partial charge is 0.342 e. The molecule has 0 saturated carbocycles. The van der Waals surface area contributed by atoms with E-state index in [9.17, 15) is 14.4 Å². The lowest BCUT2D eigenvalue weighted by atomic mass is 10.1. The average Bonchev–Trinajstić information content (AvgIpc) is 3.34. The monoisotopic (exact) mass is 554 g/mol. The van der Waals surface area contributed by atoms with Crippen LogP contribution in [0.5, 0.6) is 0 Å². The highest BCUT2D eigenvalue weighted by atomic mass is 35.5. The van der Waals surface area contributed by atoms with Crippen molar-refractivity contribution in [1.29, 1.82) is 0 Å². The lowest BCUT2D eigenvalue weighted by molar-refractivity contribution is -0.122. The van der Waals surface area contributed by atoms with Crippen molar-refractivity contribution in [1.82, 2.24) is 9.47 Å². The molecule has 0 atom stereocenters. The van der Waals surface area contributed by atoms with Gasteiger partial charge in [-0.3, -0.25) is 19.3 Å². The molecule has 36 heavy (non-hydrogen) atoms. The van der Waals surface area contributed by atoms with Crippen LogP contribution in [0.25, 0.3) is 17.0 Å². The first kappa shape index (κ1) is 24.7. The Balaban J connectivity index is 1.44. The van der Waals surface area contributed by atoms with Crippen LogP contribution < -0.4 is 0 Å². The minimum atomic E-state index is -0.502. The minimum absolute atomic E-state index is 0.252. The Morgan fingerprint density at radius 1 is 0.889 bits per heavy atom. The first-order valence-corrected chi connectivity index (χ1v) is 12.8. The van der Waals surface area contributed by atoms with Crippen molar-refractivity contribution in [2.45, 2.75) is 6.54 Å². The van der Waals surface area contributed by atoms with Crippen molar-refractivity contribution in [3.05, 3.63) is 110 Å². The first-order valence-electron chi connectivity index (χ1n) is 10.9. The van der Waals surface area contributed by atoms with Crippen molar-refractivity contribution in [3.8, 4) is 0 Å². The number of imide groups is 1. The van der Waals surface area contributed by atoms with Crippen molar-refractivity contribution in [3.63, 3.8) is 0 Å². The summed E-state index contributed by atoms with van der Waals surface area (Å²) in [7, 11) is 0. The van der Waals surface area contributed by atoms with E-state index in [0.29, 0.717) is 27.2 Å². The number of nitrogens with zero attached hydrogens (tertiary/aromatic N) is 2. The maximum atomic E-state index is 13.1. The highest BCUT2D eigenvalue weighted by molar-refractivity contribution is 8.18. The van der Waals surface area contributed by atoms with Gasteiger partial charge in [0, 0.05) is 48.9 Å². The fraction of sp³-hybridized carbons (Fsp3) is 0.0741. The van der Waals surface area contributed by atoms with Gasteiger partial charge in [-0.1, -0.05) is 59.1 Å². The maximum Gasteiger partial charge on any atom is 0.293 e. The van der Waals surface area contributed by atoms with E-state index in [1.54, 1.807) is 48.5 Å². The van der Waals surface area contributed by atoms with Gasteiger partial charge in [-0.15, -0.1) is 0 Å². The van der Waals surface area contributed by atoms with Crippen LogP contribution in [0.3, 0.4) is 0 Å². The van der Waals surface area contributed by atoms with E-state index in [2.05, 4.69) is 0 Å². The number of benzene rings is 3. The number of aromatic nitrogens is 1. The summed E-state index contributed by atoms with van der Waals surface area (Å²) < 4.78 is 2.00. The Hall–Kier alpha value is -3.03. The van der Waals surface area contributed by atoms with E-state index >= 15 is 0 Å². The standard InChI is InChI=1S/C27H17Cl3N2O3S/c28-18-10-8-16(9-11-18)24(33)15-32-26(34)25(36-27(32)35)12-17-13-31(23-7-2-1-4-19(17)23)14-20-21(29)5-3-6-22(20)30/h1-13H,14-15H2/b25-12-. The van der Waals surface area contributed by atoms with Gasteiger partial charge in [0.05, 0.1) is 18.0 Å². The molecule has 2 heterocycles. The predicted octanol–water partition coefficient (Wildman–Crippen LogP) is 7.57. The topological polar surface area (TPSA) is 59.4 Å². The van der Waals surface area contributed by atoms with Crippen molar-refractivity contribution in [2.75, 3.05) is 6.54 Å². The molecule has 0 radical (unpaired) electrons. The molecule has 0 unspecified atom stereocenters. The predicted molar refractivity (Wildman–Crippen MR) is 146 cm³/mol. The number of rotatable bonds is 6. The third-order valence-electron chi connectivity index (χ3n) is 5.84. The summed E-state index contributed by atoms with van der Waals surface area (Å²) in [5.74, 6) is -0.846. The molecule has 3 aromatic carbocycles. The van der Waals surface area contributed by atoms with E-state index in [-0.39, 0.29) is 17.2 Å². The number of amides is 2. The molecule has 0 aliphatic carbocycles. The molecule has 1 fully saturated rings. The summed E-state index contributed by atoms with van der Waals surface area (Å²) in [4.78, 5) is 39.5. The highest BCUT2D eigenvalue weighted by Crippen LogP contribution is 2.35.